The van der Waals surface area contributed by atoms with Crippen LogP contribution < -0.4 is 4.90 Å². The number of benzene rings is 1. The molecule has 2 heterocycles. The van der Waals surface area contributed by atoms with Crippen molar-refractivity contribution in [2.24, 2.45) is 5.92 Å². The molecule has 21 heavy (non-hydrogen) atoms. The Bertz CT molecular complexity index is 500. The molecule has 3 rings (SSSR count). The maximum atomic E-state index is 14.4. The Kier molecular flexibility index (Phi) is 4.45. The molecule has 0 unspecified atom stereocenters. The lowest BCUT2D eigenvalue weighted by Crippen LogP contribution is -2.23. The van der Waals surface area contributed by atoms with Crippen LogP contribution in [0, 0.1) is 18.7 Å². The van der Waals surface area contributed by atoms with Crippen LogP contribution in [0.4, 0.5) is 10.1 Å². The lowest BCUT2D eigenvalue weighted by molar-refractivity contribution is 0.220. The second-order valence-corrected chi connectivity index (χ2v) is 6.50. The number of halogens is 1. The van der Waals surface area contributed by atoms with Crippen molar-refractivity contribution >= 4 is 5.69 Å². The smallest absolute Gasteiger partial charge is 0.146 e. The van der Waals surface area contributed by atoms with Gasteiger partial charge in [-0.05, 0) is 61.9 Å². The van der Waals surface area contributed by atoms with Gasteiger partial charge < -0.3 is 10.0 Å². The van der Waals surface area contributed by atoms with E-state index in [1.165, 1.54) is 5.56 Å². The molecule has 0 aliphatic carbocycles. The fourth-order valence-corrected chi connectivity index (χ4v) is 3.52. The molecule has 2 aliphatic heterocycles. The molecular formula is C17H25FN2O. The van der Waals surface area contributed by atoms with Crippen LogP contribution in [0.15, 0.2) is 12.1 Å². The normalized spacial score (nSPS) is 23.2. The summed E-state index contributed by atoms with van der Waals surface area (Å²) in [5.41, 5.74) is 3.02. The van der Waals surface area contributed by atoms with Crippen LogP contribution in [-0.2, 0) is 6.54 Å². The van der Waals surface area contributed by atoms with Gasteiger partial charge in [-0.2, -0.15) is 0 Å². The molecule has 2 aliphatic rings. The van der Waals surface area contributed by atoms with Crippen LogP contribution in [-0.4, -0.2) is 42.8 Å². The fraction of sp³-hybridized carbons (Fsp3) is 0.647. The molecule has 116 valence electrons. The van der Waals surface area contributed by atoms with Crippen molar-refractivity contribution in [1.29, 1.82) is 0 Å². The minimum atomic E-state index is -0.0876. The molecule has 0 aromatic heterocycles. The predicted molar refractivity (Wildman–Crippen MR) is 83.1 cm³/mol. The van der Waals surface area contributed by atoms with E-state index in [4.69, 9.17) is 0 Å². The largest absolute Gasteiger partial charge is 0.396 e. The van der Waals surface area contributed by atoms with Gasteiger partial charge in [0.15, 0.2) is 0 Å². The van der Waals surface area contributed by atoms with Crippen LogP contribution in [0.5, 0.6) is 0 Å². The second kappa shape index (κ2) is 6.32. The molecule has 1 N–H and O–H groups in total. The summed E-state index contributed by atoms with van der Waals surface area (Å²) in [6, 6.07) is 3.73. The Labute approximate surface area is 126 Å². The topological polar surface area (TPSA) is 26.7 Å². The van der Waals surface area contributed by atoms with Gasteiger partial charge in [0.05, 0.1) is 5.69 Å². The maximum absolute atomic E-state index is 14.4. The minimum absolute atomic E-state index is 0.0876. The van der Waals surface area contributed by atoms with E-state index >= 15 is 0 Å². The van der Waals surface area contributed by atoms with Gasteiger partial charge in [-0.3, -0.25) is 4.90 Å². The van der Waals surface area contributed by atoms with E-state index in [1.807, 2.05) is 6.07 Å². The van der Waals surface area contributed by atoms with E-state index in [-0.39, 0.29) is 12.4 Å². The highest BCUT2D eigenvalue weighted by atomic mass is 19.1. The average molecular weight is 292 g/mol. The van der Waals surface area contributed by atoms with Crippen LogP contribution >= 0.6 is 0 Å². The Balaban J connectivity index is 1.73. The van der Waals surface area contributed by atoms with Crippen LogP contribution in [0.3, 0.4) is 0 Å². The number of likely N-dealkylation sites (tertiary alicyclic amines) is 1. The van der Waals surface area contributed by atoms with E-state index in [0.29, 0.717) is 5.92 Å². The number of nitrogens with zero attached hydrogens (tertiary/aromatic N) is 2. The van der Waals surface area contributed by atoms with E-state index in [2.05, 4.69) is 16.7 Å². The molecule has 0 amide bonds. The molecule has 1 aromatic rings. The van der Waals surface area contributed by atoms with Gasteiger partial charge in [0.25, 0.3) is 0 Å². The summed E-state index contributed by atoms with van der Waals surface area (Å²) in [5.74, 6) is 0.300. The molecule has 2 fully saturated rings. The van der Waals surface area contributed by atoms with Crippen molar-refractivity contribution < 1.29 is 9.50 Å². The molecule has 0 bridgehead atoms. The summed E-state index contributed by atoms with van der Waals surface area (Å²) in [6.45, 7) is 7.00. The summed E-state index contributed by atoms with van der Waals surface area (Å²) in [7, 11) is 0. The van der Waals surface area contributed by atoms with Gasteiger partial charge in [0, 0.05) is 32.8 Å². The summed E-state index contributed by atoms with van der Waals surface area (Å²) < 4.78 is 14.4. The Morgan fingerprint density at radius 2 is 2.00 bits per heavy atom. The first-order valence-electron chi connectivity index (χ1n) is 8.04. The highest BCUT2D eigenvalue weighted by molar-refractivity contribution is 5.52. The SMILES string of the molecule is Cc1cc(N2CCCC2)c(F)cc1CN1CC[C@H](CO)C1. The number of hydrogen-bond acceptors (Lipinski definition) is 3. The summed E-state index contributed by atoms with van der Waals surface area (Å²) >= 11 is 0. The van der Waals surface area contributed by atoms with Crippen molar-refractivity contribution in [3.05, 3.63) is 29.1 Å². The third-order valence-electron chi connectivity index (χ3n) is 4.87. The number of hydrogen-bond donors (Lipinski definition) is 1. The molecule has 0 saturated carbocycles. The number of aliphatic hydroxyl groups is 1. The Hall–Kier alpha value is -1.13. The third kappa shape index (κ3) is 3.22. The number of aryl methyl sites for hydroxylation is 1. The highest BCUT2D eigenvalue weighted by Gasteiger charge is 2.23. The van der Waals surface area contributed by atoms with Gasteiger partial charge >= 0.3 is 0 Å². The fourth-order valence-electron chi connectivity index (χ4n) is 3.52. The zero-order valence-corrected chi connectivity index (χ0v) is 12.8. The monoisotopic (exact) mass is 292 g/mol. The molecule has 1 atom stereocenters. The zero-order valence-electron chi connectivity index (χ0n) is 12.8. The second-order valence-electron chi connectivity index (χ2n) is 6.50. The van der Waals surface area contributed by atoms with Gasteiger partial charge in [0.1, 0.15) is 5.82 Å². The van der Waals surface area contributed by atoms with E-state index in [0.717, 1.165) is 63.2 Å². The molecular weight excluding hydrogens is 267 g/mol. The average Bonchev–Trinajstić information content (AvgIpc) is 3.13. The first-order valence-corrected chi connectivity index (χ1v) is 8.04. The van der Waals surface area contributed by atoms with E-state index in [1.54, 1.807) is 6.07 Å². The number of anilines is 1. The quantitative estimate of drug-likeness (QED) is 0.924. The molecule has 3 nitrogen and oxygen atoms in total. The molecule has 4 heteroatoms. The van der Waals surface area contributed by atoms with E-state index in [9.17, 15) is 9.50 Å². The van der Waals surface area contributed by atoms with E-state index < -0.39 is 0 Å². The maximum Gasteiger partial charge on any atom is 0.146 e. The van der Waals surface area contributed by atoms with Crippen LogP contribution in [0.2, 0.25) is 0 Å². The first kappa shape index (κ1) is 14.8. The summed E-state index contributed by atoms with van der Waals surface area (Å²) in [4.78, 5) is 4.47. The number of aliphatic hydroxyl groups excluding tert-OH is 1. The van der Waals surface area contributed by atoms with Gasteiger partial charge in [0.2, 0.25) is 0 Å². The van der Waals surface area contributed by atoms with Crippen molar-refractivity contribution in [1.82, 2.24) is 4.90 Å². The summed E-state index contributed by atoms with van der Waals surface area (Å²) in [5, 5.41) is 9.21. The third-order valence-corrected chi connectivity index (χ3v) is 4.87. The van der Waals surface area contributed by atoms with Crippen molar-refractivity contribution in [3.63, 3.8) is 0 Å². The standard InChI is InChI=1S/C17H25FN2O/c1-13-8-17(20-5-2-3-6-20)16(18)9-15(13)11-19-7-4-14(10-19)12-21/h8-9,14,21H,2-7,10-12H2,1H3/t14-/m0/s1. The lowest BCUT2D eigenvalue weighted by Gasteiger charge is -2.22. The van der Waals surface area contributed by atoms with Crippen LogP contribution in [0.1, 0.15) is 30.4 Å². The van der Waals surface area contributed by atoms with Crippen molar-refractivity contribution in [2.45, 2.75) is 32.7 Å². The molecule has 2 saturated heterocycles. The first-order chi connectivity index (χ1) is 10.2. The van der Waals surface area contributed by atoms with Crippen molar-refractivity contribution in [2.75, 3.05) is 37.7 Å². The van der Waals surface area contributed by atoms with Gasteiger partial charge in [-0.15, -0.1) is 0 Å². The van der Waals surface area contributed by atoms with Gasteiger partial charge in [-0.1, -0.05) is 0 Å². The predicted octanol–water partition coefficient (Wildman–Crippen LogP) is 2.55. The molecule has 0 spiro atoms. The van der Waals surface area contributed by atoms with Crippen molar-refractivity contribution in [3.8, 4) is 0 Å². The highest BCUT2D eigenvalue weighted by Crippen LogP contribution is 2.28. The Morgan fingerprint density at radius 3 is 2.67 bits per heavy atom. The van der Waals surface area contributed by atoms with Crippen LogP contribution in [0.25, 0.3) is 0 Å². The zero-order chi connectivity index (χ0) is 14.8. The number of rotatable bonds is 4. The molecule has 0 radical (unpaired) electrons. The lowest BCUT2D eigenvalue weighted by atomic mass is 10.1. The Morgan fingerprint density at radius 1 is 1.24 bits per heavy atom. The minimum Gasteiger partial charge on any atom is -0.396 e. The van der Waals surface area contributed by atoms with Gasteiger partial charge in [-0.25, -0.2) is 4.39 Å². The molecule has 1 aromatic carbocycles. The summed E-state index contributed by atoms with van der Waals surface area (Å²) in [6.07, 6.45) is 3.37.